The first kappa shape index (κ1) is 20.7. The number of rotatable bonds is 0. The Balaban J connectivity index is 1.80. The third-order valence-corrected chi connectivity index (χ3v) is 6.65. The van der Waals surface area contributed by atoms with Gasteiger partial charge < -0.3 is 0 Å². The van der Waals surface area contributed by atoms with E-state index in [1.807, 2.05) is 0 Å². The minimum Gasteiger partial charge on any atom is -0.295 e. The van der Waals surface area contributed by atoms with Gasteiger partial charge in [-0.05, 0) is 62.5 Å². The van der Waals surface area contributed by atoms with Crippen LogP contribution in [0.5, 0.6) is 0 Å². The fourth-order valence-corrected chi connectivity index (χ4v) is 4.57. The summed E-state index contributed by atoms with van der Waals surface area (Å²) in [6.07, 6.45) is 8.39. The molecule has 0 amide bonds. The molecule has 2 nitrogen and oxygen atoms in total. The lowest BCUT2D eigenvalue weighted by molar-refractivity contribution is -0.117. The van der Waals surface area contributed by atoms with Crippen molar-refractivity contribution >= 4 is 11.6 Å². The highest BCUT2D eigenvalue weighted by atomic mass is 16.1. The van der Waals surface area contributed by atoms with Crippen LogP contribution in [0, 0.1) is 45.3 Å². The van der Waals surface area contributed by atoms with E-state index in [1.54, 1.807) is 12.2 Å². The molecule has 28 heavy (non-hydrogen) atoms. The van der Waals surface area contributed by atoms with Gasteiger partial charge in [0.25, 0.3) is 0 Å². The molecule has 3 aliphatic rings. The van der Waals surface area contributed by atoms with Crippen molar-refractivity contribution in [1.29, 1.82) is 0 Å². The van der Waals surface area contributed by atoms with Gasteiger partial charge in [0.1, 0.15) is 0 Å². The Labute approximate surface area is 170 Å². The molecule has 1 fully saturated rings. The van der Waals surface area contributed by atoms with Crippen molar-refractivity contribution in [2.75, 3.05) is 0 Å². The van der Waals surface area contributed by atoms with Gasteiger partial charge in [-0.1, -0.05) is 51.4 Å². The summed E-state index contributed by atoms with van der Waals surface area (Å²) in [6, 6.07) is 0. The van der Waals surface area contributed by atoms with E-state index in [4.69, 9.17) is 0 Å². The molecule has 0 aromatic carbocycles. The first-order chi connectivity index (χ1) is 12.8. The summed E-state index contributed by atoms with van der Waals surface area (Å²) in [5, 5.41) is 0. The lowest BCUT2D eigenvalue weighted by atomic mass is 9.51. The Bertz CT molecular complexity index is 828. The predicted molar refractivity (Wildman–Crippen MR) is 113 cm³/mol. The second-order valence-electron chi connectivity index (χ2n) is 11.0. The zero-order valence-electron chi connectivity index (χ0n) is 18.2. The summed E-state index contributed by atoms with van der Waals surface area (Å²) < 4.78 is 0. The first-order valence-corrected chi connectivity index (χ1v) is 10.3. The lowest BCUT2D eigenvalue weighted by Gasteiger charge is -2.50. The van der Waals surface area contributed by atoms with Crippen LogP contribution in [-0.2, 0) is 9.59 Å². The normalized spacial score (nSPS) is 33.4. The SMILES string of the molecule is CC1(C)CC(=O)C=C(C#C[C@@]2(C)CC[C@]2(C)C#CC2=CC(=O)CC(C)(C)C2)C1. The third kappa shape index (κ3) is 4.33. The van der Waals surface area contributed by atoms with Crippen LogP contribution in [0.1, 0.15) is 80.1 Å². The largest absolute Gasteiger partial charge is 0.295 e. The third-order valence-electron chi connectivity index (χ3n) is 6.65. The van der Waals surface area contributed by atoms with Crippen LogP contribution >= 0.6 is 0 Å². The average Bonchev–Trinajstić information content (AvgIpc) is 2.53. The maximum atomic E-state index is 12.0. The summed E-state index contributed by atoms with van der Waals surface area (Å²) in [7, 11) is 0. The van der Waals surface area contributed by atoms with E-state index in [9.17, 15) is 9.59 Å². The molecule has 0 spiro atoms. The van der Waals surface area contributed by atoms with Crippen LogP contribution in [-0.4, -0.2) is 11.6 Å². The number of allylic oxidation sites excluding steroid dienone is 4. The van der Waals surface area contributed by atoms with Crippen molar-refractivity contribution in [3.8, 4) is 23.7 Å². The Morgan fingerprint density at radius 3 is 1.29 bits per heavy atom. The van der Waals surface area contributed by atoms with E-state index in [1.165, 1.54) is 0 Å². The van der Waals surface area contributed by atoms with Gasteiger partial charge in [-0.3, -0.25) is 9.59 Å². The van der Waals surface area contributed by atoms with Crippen LogP contribution in [0.15, 0.2) is 23.3 Å². The van der Waals surface area contributed by atoms with Gasteiger partial charge in [-0.2, -0.15) is 0 Å². The predicted octanol–water partition coefficient (Wildman–Crippen LogP) is 5.43. The minimum absolute atomic E-state index is 0.00767. The van der Waals surface area contributed by atoms with Crippen molar-refractivity contribution in [2.45, 2.75) is 80.1 Å². The summed E-state index contributed by atoms with van der Waals surface area (Å²) >= 11 is 0. The van der Waals surface area contributed by atoms with E-state index in [-0.39, 0.29) is 33.2 Å². The molecule has 0 heterocycles. The van der Waals surface area contributed by atoms with Crippen molar-refractivity contribution < 1.29 is 9.59 Å². The minimum atomic E-state index is -0.180. The summed E-state index contributed by atoms with van der Waals surface area (Å²) in [5.74, 6) is 13.9. The Hall–Kier alpha value is -2.06. The first-order valence-electron chi connectivity index (χ1n) is 10.3. The molecule has 0 bridgehead atoms. The zero-order valence-corrected chi connectivity index (χ0v) is 18.2. The summed E-state index contributed by atoms with van der Waals surface area (Å²) in [4.78, 5) is 24.0. The molecule has 3 rings (SSSR count). The van der Waals surface area contributed by atoms with Crippen molar-refractivity contribution in [2.24, 2.45) is 21.7 Å². The molecule has 1 saturated carbocycles. The molecule has 0 saturated heterocycles. The fraction of sp³-hybridized carbons (Fsp3) is 0.615. The highest BCUT2D eigenvalue weighted by Crippen LogP contribution is 2.56. The summed E-state index contributed by atoms with van der Waals surface area (Å²) in [5.41, 5.74) is 1.53. The van der Waals surface area contributed by atoms with Gasteiger partial charge >= 0.3 is 0 Å². The molecule has 0 aromatic heterocycles. The molecule has 0 aromatic rings. The number of hydrogen-bond donors (Lipinski definition) is 0. The standard InChI is InChI=1S/C26H32O2/c1-23(2)15-19(13-21(27)17-23)7-9-25(5)11-12-26(25,6)10-8-20-14-22(28)18-24(3,4)16-20/h13-14H,11-12,15-18H2,1-6H3/t25-,26-/m0/s1. The molecule has 3 aliphatic carbocycles. The van der Waals surface area contributed by atoms with Gasteiger partial charge in [0, 0.05) is 34.8 Å². The highest BCUT2D eigenvalue weighted by Gasteiger charge is 2.51. The van der Waals surface area contributed by atoms with Crippen LogP contribution < -0.4 is 0 Å². The average molecular weight is 377 g/mol. The van der Waals surface area contributed by atoms with E-state index in [0.717, 1.165) is 36.8 Å². The molecule has 0 aliphatic heterocycles. The second kappa shape index (κ2) is 6.77. The Kier molecular flexibility index (Phi) is 5.00. The van der Waals surface area contributed by atoms with Crippen LogP contribution in [0.4, 0.5) is 0 Å². The van der Waals surface area contributed by atoms with Gasteiger partial charge in [-0.15, -0.1) is 0 Å². The molecule has 148 valence electrons. The molecule has 0 unspecified atom stereocenters. The topological polar surface area (TPSA) is 34.1 Å². The maximum absolute atomic E-state index is 12.0. The molecule has 2 atom stereocenters. The van der Waals surface area contributed by atoms with Crippen molar-refractivity contribution in [3.05, 3.63) is 23.3 Å². The van der Waals surface area contributed by atoms with Crippen LogP contribution in [0.2, 0.25) is 0 Å². The maximum Gasteiger partial charge on any atom is 0.157 e. The lowest BCUT2D eigenvalue weighted by Crippen LogP contribution is -2.45. The molecule has 2 heteroatoms. The molecular formula is C26H32O2. The molecule has 0 N–H and O–H groups in total. The van der Waals surface area contributed by atoms with E-state index < -0.39 is 0 Å². The smallest absolute Gasteiger partial charge is 0.157 e. The van der Waals surface area contributed by atoms with Crippen molar-refractivity contribution in [1.82, 2.24) is 0 Å². The molecule has 0 radical (unpaired) electrons. The summed E-state index contributed by atoms with van der Waals surface area (Å²) in [6.45, 7) is 12.9. The van der Waals surface area contributed by atoms with Gasteiger partial charge in [0.05, 0.1) is 0 Å². The second-order valence-corrected chi connectivity index (χ2v) is 11.0. The monoisotopic (exact) mass is 376 g/mol. The number of ketones is 2. The van der Waals surface area contributed by atoms with Gasteiger partial charge in [0.2, 0.25) is 0 Å². The molecular weight excluding hydrogens is 344 g/mol. The van der Waals surface area contributed by atoms with Crippen molar-refractivity contribution in [3.63, 3.8) is 0 Å². The van der Waals surface area contributed by atoms with Crippen LogP contribution in [0.3, 0.4) is 0 Å². The van der Waals surface area contributed by atoms with E-state index in [2.05, 4.69) is 65.2 Å². The zero-order chi connectivity index (χ0) is 20.8. The number of carbonyl (C=O) groups is 2. The Morgan fingerprint density at radius 2 is 1.00 bits per heavy atom. The number of hydrogen-bond acceptors (Lipinski definition) is 2. The van der Waals surface area contributed by atoms with E-state index >= 15 is 0 Å². The van der Waals surface area contributed by atoms with E-state index in [0.29, 0.717) is 12.8 Å². The quantitative estimate of drug-likeness (QED) is 0.528. The highest BCUT2D eigenvalue weighted by molar-refractivity contribution is 5.93. The fourth-order valence-electron chi connectivity index (χ4n) is 4.57. The number of carbonyl (C=O) groups excluding carboxylic acids is 2. The van der Waals surface area contributed by atoms with Gasteiger partial charge in [-0.25, -0.2) is 0 Å². The van der Waals surface area contributed by atoms with Gasteiger partial charge in [0.15, 0.2) is 11.6 Å². The Morgan fingerprint density at radius 1 is 0.643 bits per heavy atom. The van der Waals surface area contributed by atoms with Crippen LogP contribution in [0.25, 0.3) is 0 Å².